The standard InChI is InChI=1S/C16H17NO.C7H8O3S/c1-12-16(18)17(12)15(13-8-4-2-5-9-13)14-10-6-3-7-11-14;1-6-2-4-7(5-3-6)11(8,9)10/h2-12,15-16,18H,1H3;2-5H,1H3,(H,8,9,10). The Morgan fingerprint density at radius 2 is 1.24 bits per heavy atom. The lowest BCUT2D eigenvalue weighted by atomic mass is 9.99. The molecule has 1 fully saturated rings. The largest absolute Gasteiger partial charge is 0.377 e. The zero-order valence-electron chi connectivity index (χ0n) is 16.4. The Hall–Kier alpha value is -2.51. The topological polar surface area (TPSA) is 77.6 Å². The minimum absolute atomic E-state index is 0.0666. The Kier molecular flexibility index (Phi) is 6.49. The summed E-state index contributed by atoms with van der Waals surface area (Å²) < 4.78 is 29.6. The van der Waals surface area contributed by atoms with Crippen molar-refractivity contribution in [3.05, 3.63) is 102 Å². The van der Waals surface area contributed by atoms with E-state index in [0.29, 0.717) is 0 Å². The second-order valence-corrected chi connectivity index (χ2v) is 8.53. The molecular formula is C23H25NO4S. The second kappa shape index (κ2) is 8.88. The molecule has 1 heterocycles. The number of benzene rings is 3. The van der Waals surface area contributed by atoms with Crippen molar-refractivity contribution in [2.75, 3.05) is 0 Å². The van der Waals surface area contributed by atoms with Crippen LogP contribution < -0.4 is 0 Å². The fourth-order valence-electron chi connectivity index (χ4n) is 3.26. The number of aryl methyl sites for hydroxylation is 1. The molecule has 1 saturated heterocycles. The molecule has 29 heavy (non-hydrogen) atoms. The van der Waals surface area contributed by atoms with Crippen LogP contribution >= 0.6 is 0 Å². The minimum atomic E-state index is -4.02. The van der Waals surface area contributed by atoms with Gasteiger partial charge in [-0.15, -0.1) is 0 Å². The number of hydrogen-bond donors (Lipinski definition) is 2. The zero-order valence-corrected chi connectivity index (χ0v) is 17.2. The predicted molar refractivity (Wildman–Crippen MR) is 113 cm³/mol. The van der Waals surface area contributed by atoms with Gasteiger partial charge in [0.1, 0.15) is 6.23 Å². The summed E-state index contributed by atoms with van der Waals surface area (Å²) >= 11 is 0. The molecule has 1 aliphatic rings. The van der Waals surface area contributed by atoms with E-state index >= 15 is 0 Å². The molecule has 3 aromatic carbocycles. The third kappa shape index (κ3) is 5.31. The van der Waals surface area contributed by atoms with E-state index in [9.17, 15) is 13.5 Å². The highest BCUT2D eigenvalue weighted by Gasteiger charge is 2.47. The Balaban J connectivity index is 0.000000188. The molecule has 3 unspecified atom stereocenters. The SMILES string of the molecule is CC1C(O)N1C(c1ccccc1)c1ccccc1.Cc1ccc(S(=O)(=O)O)cc1. The van der Waals surface area contributed by atoms with E-state index in [2.05, 4.69) is 36.1 Å². The molecule has 1 aliphatic heterocycles. The van der Waals surface area contributed by atoms with Crippen molar-refractivity contribution < 1.29 is 18.1 Å². The van der Waals surface area contributed by atoms with Crippen LogP contribution in [0.3, 0.4) is 0 Å². The van der Waals surface area contributed by atoms with Crippen LogP contribution in [0.5, 0.6) is 0 Å². The van der Waals surface area contributed by atoms with Crippen LogP contribution in [-0.4, -0.2) is 35.2 Å². The lowest BCUT2D eigenvalue weighted by molar-refractivity contribution is 0.194. The van der Waals surface area contributed by atoms with Crippen LogP contribution in [0.25, 0.3) is 0 Å². The highest BCUT2D eigenvalue weighted by Crippen LogP contribution is 2.40. The molecule has 3 aromatic rings. The average Bonchev–Trinajstić information content (AvgIpc) is 3.29. The monoisotopic (exact) mass is 411 g/mol. The van der Waals surface area contributed by atoms with Crippen molar-refractivity contribution in [3.8, 4) is 0 Å². The molecule has 0 aromatic heterocycles. The quantitative estimate of drug-likeness (QED) is 0.500. The van der Waals surface area contributed by atoms with Gasteiger partial charge in [-0.1, -0.05) is 78.4 Å². The molecule has 0 radical (unpaired) electrons. The molecule has 0 amide bonds. The number of rotatable bonds is 4. The third-order valence-corrected chi connectivity index (χ3v) is 5.83. The van der Waals surface area contributed by atoms with Gasteiger partial charge in [0.2, 0.25) is 0 Å². The Labute approximate surface area is 172 Å². The lowest BCUT2D eigenvalue weighted by Crippen LogP contribution is -2.14. The molecule has 0 aliphatic carbocycles. The maximum atomic E-state index is 10.5. The highest BCUT2D eigenvalue weighted by atomic mass is 32.2. The van der Waals surface area contributed by atoms with Gasteiger partial charge in [0.05, 0.1) is 10.9 Å². The Morgan fingerprint density at radius 1 is 0.828 bits per heavy atom. The van der Waals surface area contributed by atoms with E-state index in [0.717, 1.165) is 5.56 Å². The van der Waals surface area contributed by atoms with Crippen LogP contribution in [0, 0.1) is 6.92 Å². The van der Waals surface area contributed by atoms with E-state index < -0.39 is 10.1 Å². The van der Waals surface area contributed by atoms with Gasteiger partial charge in [-0.25, -0.2) is 0 Å². The first-order chi connectivity index (χ1) is 13.8. The first-order valence-electron chi connectivity index (χ1n) is 9.38. The summed E-state index contributed by atoms with van der Waals surface area (Å²) in [5.41, 5.74) is 3.41. The number of hydrogen-bond acceptors (Lipinski definition) is 4. The summed E-state index contributed by atoms with van der Waals surface area (Å²) in [5, 5.41) is 9.91. The Morgan fingerprint density at radius 3 is 1.59 bits per heavy atom. The maximum Gasteiger partial charge on any atom is 0.294 e. The van der Waals surface area contributed by atoms with E-state index in [1.807, 2.05) is 43.3 Å². The van der Waals surface area contributed by atoms with Crippen molar-refractivity contribution in [2.45, 2.75) is 37.1 Å². The molecule has 0 bridgehead atoms. The summed E-state index contributed by atoms with van der Waals surface area (Å²) in [6, 6.07) is 27.1. The fraction of sp³-hybridized carbons (Fsp3) is 0.217. The third-order valence-electron chi connectivity index (χ3n) is 4.97. The molecule has 5 nitrogen and oxygen atoms in total. The molecule has 3 atom stereocenters. The number of aliphatic hydroxyl groups excluding tert-OH is 1. The normalized spacial score (nSPS) is 20.7. The molecule has 0 spiro atoms. The summed E-state index contributed by atoms with van der Waals surface area (Å²) in [7, 11) is -4.02. The first-order valence-corrected chi connectivity index (χ1v) is 10.8. The van der Waals surface area contributed by atoms with Crippen molar-refractivity contribution in [3.63, 3.8) is 0 Å². The van der Waals surface area contributed by atoms with Gasteiger partial charge >= 0.3 is 0 Å². The first kappa shape index (κ1) is 21.2. The van der Waals surface area contributed by atoms with Crippen molar-refractivity contribution in [1.29, 1.82) is 0 Å². The van der Waals surface area contributed by atoms with Gasteiger partial charge in [-0.2, -0.15) is 8.42 Å². The summed E-state index contributed by atoms with van der Waals surface area (Å²) in [6.07, 6.45) is -0.324. The predicted octanol–water partition coefficient (Wildman–Crippen LogP) is 4.04. The van der Waals surface area contributed by atoms with Crippen molar-refractivity contribution in [1.82, 2.24) is 4.90 Å². The summed E-state index contributed by atoms with van der Waals surface area (Å²) in [5.74, 6) is 0. The van der Waals surface area contributed by atoms with E-state index in [1.165, 1.54) is 23.3 Å². The second-order valence-electron chi connectivity index (χ2n) is 7.11. The highest BCUT2D eigenvalue weighted by molar-refractivity contribution is 7.85. The van der Waals surface area contributed by atoms with Crippen LogP contribution in [0.1, 0.15) is 29.7 Å². The molecular weight excluding hydrogens is 386 g/mol. The van der Waals surface area contributed by atoms with Gasteiger partial charge in [0, 0.05) is 6.04 Å². The minimum Gasteiger partial charge on any atom is -0.377 e. The van der Waals surface area contributed by atoms with Gasteiger partial charge < -0.3 is 5.11 Å². The van der Waals surface area contributed by atoms with Gasteiger partial charge in [0.25, 0.3) is 10.1 Å². The summed E-state index contributed by atoms with van der Waals surface area (Å²) in [6.45, 7) is 3.90. The van der Waals surface area contributed by atoms with Crippen LogP contribution in [-0.2, 0) is 10.1 Å². The maximum absolute atomic E-state index is 10.5. The lowest BCUT2D eigenvalue weighted by Gasteiger charge is -2.20. The van der Waals surface area contributed by atoms with E-state index in [4.69, 9.17) is 4.55 Å². The smallest absolute Gasteiger partial charge is 0.294 e. The van der Waals surface area contributed by atoms with Gasteiger partial charge in [-0.3, -0.25) is 9.45 Å². The van der Waals surface area contributed by atoms with Gasteiger partial charge in [0.15, 0.2) is 0 Å². The van der Waals surface area contributed by atoms with Crippen LogP contribution in [0.15, 0.2) is 89.8 Å². The Bertz CT molecular complexity index is 974. The zero-order chi connectivity index (χ0) is 21.0. The molecule has 6 heteroatoms. The van der Waals surface area contributed by atoms with Crippen LogP contribution in [0.4, 0.5) is 0 Å². The van der Waals surface area contributed by atoms with Crippen molar-refractivity contribution in [2.24, 2.45) is 0 Å². The molecule has 0 saturated carbocycles. The number of aliphatic hydroxyl groups is 1. The average molecular weight is 412 g/mol. The summed E-state index contributed by atoms with van der Waals surface area (Å²) in [4.78, 5) is 2.06. The molecule has 2 N–H and O–H groups in total. The molecule has 152 valence electrons. The van der Waals surface area contributed by atoms with E-state index in [1.54, 1.807) is 12.1 Å². The van der Waals surface area contributed by atoms with Gasteiger partial charge in [-0.05, 0) is 37.1 Å². The van der Waals surface area contributed by atoms with Crippen molar-refractivity contribution >= 4 is 10.1 Å². The number of nitrogens with zero attached hydrogens (tertiary/aromatic N) is 1. The fourth-order valence-corrected chi connectivity index (χ4v) is 3.74. The molecule has 4 rings (SSSR count). The van der Waals surface area contributed by atoms with Crippen LogP contribution in [0.2, 0.25) is 0 Å². The van der Waals surface area contributed by atoms with E-state index in [-0.39, 0.29) is 23.2 Å².